The third kappa shape index (κ3) is 4.42. The first-order chi connectivity index (χ1) is 14.0. The molecule has 0 aliphatic carbocycles. The molecule has 4 rings (SSSR count). The van der Waals surface area contributed by atoms with Gasteiger partial charge < -0.3 is 10.6 Å². The van der Waals surface area contributed by atoms with Crippen LogP contribution < -0.4 is 10.6 Å². The highest BCUT2D eigenvalue weighted by Gasteiger charge is 2.31. The summed E-state index contributed by atoms with van der Waals surface area (Å²) in [5.74, 6) is 0.632. The summed E-state index contributed by atoms with van der Waals surface area (Å²) in [7, 11) is 0. The number of hydrogen-bond acceptors (Lipinski definition) is 3. The van der Waals surface area contributed by atoms with Gasteiger partial charge in [-0.15, -0.1) is 0 Å². The molecule has 0 fully saturated rings. The molecule has 29 heavy (non-hydrogen) atoms. The van der Waals surface area contributed by atoms with E-state index < -0.39 is 11.7 Å². The van der Waals surface area contributed by atoms with Crippen molar-refractivity contribution in [3.05, 3.63) is 107 Å². The van der Waals surface area contributed by atoms with Crippen LogP contribution in [0.25, 0.3) is 0 Å². The molecule has 3 aromatic rings. The molecule has 3 nitrogen and oxygen atoms in total. The van der Waals surface area contributed by atoms with Crippen molar-refractivity contribution in [2.24, 2.45) is 4.99 Å². The van der Waals surface area contributed by atoms with Crippen LogP contribution in [0, 0.1) is 0 Å². The van der Waals surface area contributed by atoms with Gasteiger partial charge in [-0.2, -0.15) is 13.2 Å². The maximum Gasteiger partial charge on any atom is 0.416 e. The Labute approximate surface area is 167 Å². The van der Waals surface area contributed by atoms with Crippen molar-refractivity contribution in [2.75, 3.05) is 0 Å². The number of benzene rings is 3. The predicted molar refractivity (Wildman–Crippen MR) is 107 cm³/mol. The molecule has 2 N–H and O–H groups in total. The van der Waals surface area contributed by atoms with Crippen molar-refractivity contribution in [1.29, 1.82) is 0 Å². The fourth-order valence-electron chi connectivity index (χ4n) is 3.41. The van der Waals surface area contributed by atoms with E-state index in [1.165, 1.54) is 12.1 Å². The predicted octanol–water partition coefficient (Wildman–Crippen LogP) is 5.24. The van der Waals surface area contributed by atoms with E-state index in [-0.39, 0.29) is 12.1 Å². The molecule has 2 atom stereocenters. The van der Waals surface area contributed by atoms with Crippen LogP contribution in [0.4, 0.5) is 13.2 Å². The van der Waals surface area contributed by atoms with Crippen molar-refractivity contribution in [3.8, 4) is 0 Å². The molecular weight excluding hydrogens is 375 g/mol. The molecule has 0 aromatic heterocycles. The van der Waals surface area contributed by atoms with Crippen LogP contribution in [0.5, 0.6) is 0 Å². The minimum absolute atomic E-state index is 0.0197. The summed E-state index contributed by atoms with van der Waals surface area (Å²) in [5, 5.41) is 6.63. The maximum absolute atomic E-state index is 12.7. The Balaban J connectivity index is 1.50. The Morgan fingerprint density at radius 2 is 1.38 bits per heavy atom. The molecule has 0 bridgehead atoms. The van der Waals surface area contributed by atoms with Crippen LogP contribution in [-0.4, -0.2) is 5.96 Å². The highest BCUT2D eigenvalue weighted by molar-refractivity contribution is 5.82. The standard InChI is InChI=1S/C23H20F3N3/c24-23(25,26)19-13-11-16(12-14-19)15-27-22-28-20(17-7-3-1-4-8-17)21(29-22)18-9-5-2-6-10-18/h1-14,20-21H,15H2,(H2,27,28,29)/t20-,21+. The van der Waals surface area contributed by atoms with Crippen LogP contribution in [0.3, 0.4) is 0 Å². The zero-order valence-electron chi connectivity index (χ0n) is 15.5. The molecule has 0 unspecified atom stereocenters. The third-order valence-corrected chi connectivity index (χ3v) is 4.92. The highest BCUT2D eigenvalue weighted by Crippen LogP contribution is 2.35. The zero-order chi connectivity index (χ0) is 20.3. The van der Waals surface area contributed by atoms with Crippen LogP contribution in [0.1, 0.15) is 34.3 Å². The van der Waals surface area contributed by atoms with Gasteiger partial charge in [0.2, 0.25) is 0 Å². The molecule has 1 heterocycles. The van der Waals surface area contributed by atoms with Crippen molar-refractivity contribution in [2.45, 2.75) is 24.8 Å². The van der Waals surface area contributed by atoms with Gasteiger partial charge in [-0.1, -0.05) is 72.8 Å². The van der Waals surface area contributed by atoms with Gasteiger partial charge in [0.1, 0.15) is 6.04 Å². The number of guanidine groups is 1. The quantitative estimate of drug-likeness (QED) is 0.634. The number of nitrogens with one attached hydrogen (secondary N) is 2. The number of alkyl halides is 3. The SMILES string of the molecule is FC(F)(F)c1ccc(CNC2=N[C@@H](c3ccccc3)[C@@H](c3ccccc3)N2)cc1. The largest absolute Gasteiger partial charge is 0.416 e. The molecule has 0 saturated heterocycles. The van der Waals surface area contributed by atoms with Gasteiger partial charge in [0.15, 0.2) is 5.96 Å². The van der Waals surface area contributed by atoms with Crippen LogP contribution in [0.15, 0.2) is 89.9 Å². The maximum atomic E-state index is 12.7. The van der Waals surface area contributed by atoms with Crippen LogP contribution in [0.2, 0.25) is 0 Å². The van der Waals surface area contributed by atoms with Gasteiger partial charge in [-0.05, 0) is 28.8 Å². The smallest absolute Gasteiger partial charge is 0.352 e. The van der Waals surface area contributed by atoms with Gasteiger partial charge in [0.05, 0.1) is 11.6 Å². The number of halogens is 3. The lowest BCUT2D eigenvalue weighted by Gasteiger charge is -2.19. The van der Waals surface area contributed by atoms with Gasteiger partial charge in [-0.25, -0.2) is 4.99 Å². The van der Waals surface area contributed by atoms with Gasteiger partial charge in [0.25, 0.3) is 0 Å². The van der Waals surface area contributed by atoms with Gasteiger partial charge in [-0.3, -0.25) is 0 Å². The van der Waals surface area contributed by atoms with E-state index in [1.807, 2.05) is 48.5 Å². The molecule has 1 aliphatic heterocycles. The second-order valence-electron chi connectivity index (χ2n) is 6.91. The van der Waals surface area contributed by atoms with Crippen molar-refractivity contribution in [1.82, 2.24) is 10.6 Å². The molecule has 0 saturated carbocycles. The Morgan fingerprint density at radius 1 is 0.793 bits per heavy atom. The Hall–Kier alpha value is -3.28. The topological polar surface area (TPSA) is 36.4 Å². The van der Waals surface area contributed by atoms with Crippen LogP contribution in [-0.2, 0) is 12.7 Å². The Morgan fingerprint density at radius 3 is 1.97 bits per heavy atom. The summed E-state index contributed by atoms with van der Waals surface area (Å²) in [6, 6.07) is 25.2. The molecule has 148 valence electrons. The molecular formula is C23H20F3N3. The van der Waals surface area contributed by atoms with E-state index in [9.17, 15) is 13.2 Å². The summed E-state index contributed by atoms with van der Waals surface area (Å²) in [4.78, 5) is 4.80. The normalized spacial score (nSPS) is 18.8. The number of aliphatic imine (C=N–C) groups is 1. The molecule has 6 heteroatoms. The fraction of sp³-hybridized carbons (Fsp3) is 0.174. The Kier molecular flexibility index (Phi) is 5.25. The second-order valence-corrected chi connectivity index (χ2v) is 6.91. The Bertz CT molecular complexity index is 968. The zero-order valence-corrected chi connectivity index (χ0v) is 15.5. The summed E-state index contributed by atoms with van der Waals surface area (Å²) < 4.78 is 38.1. The lowest BCUT2D eigenvalue weighted by Crippen LogP contribution is -2.35. The first-order valence-corrected chi connectivity index (χ1v) is 9.35. The summed E-state index contributed by atoms with van der Waals surface area (Å²) in [6.45, 7) is 0.382. The third-order valence-electron chi connectivity index (χ3n) is 4.92. The summed E-state index contributed by atoms with van der Waals surface area (Å²) >= 11 is 0. The lowest BCUT2D eigenvalue weighted by molar-refractivity contribution is -0.137. The number of hydrogen-bond donors (Lipinski definition) is 2. The summed E-state index contributed by atoms with van der Waals surface area (Å²) in [6.07, 6.45) is -4.32. The molecule has 0 amide bonds. The average Bonchev–Trinajstić information content (AvgIpc) is 3.18. The van der Waals surface area contributed by atoms with E-state index in [0.717, 1.165) is 28.8 Å². The number of rotatable bonds is 4. The molecule has 3 aromatic carbocycles. The monoisotopic (exact) mass is 395 g/mol. The van der Waals surface area contributed by atoms with Gasteiger partial charge in [0, 0.05) is 6.54 Å². The van der Waals surface area contributed by atoms with E-state index >= 15 is 0 Å². The first-order valence-electron chi connectivity index (χ1n) is 9.35. The van der Waals surface area contributed by atoms with Gasteiger partial charge >= 0.3 is 6.18 Å². The van der Waals surface area contributed by atoms with E-state index in [0.29, 0.717) is 12.5 Å². The van der Waals surface area contributed by atoms with E-state index in [1.54, 1.807) is 0 Å². The lowest BCUT2D eigenvalue weighted by atomic mass is 9.95. The minimum Gasteiger partial charge on any atom is -0.352 e. The molecule has 0 radical (unpaired) electrons. The van der Waals surface area contributed by atoms with E-state index in [4.69, 9.17) is 4.99 Å². The number of nitrogens with zero attached hydrogens (tertiary/aromatic N) is 1. The highest BCUT2D eigenvalue weighted by atomic mass is 19.4. The van der Waals surface area contributed by atoms with Crippen molar-refractivity contribution >= 4 is 5.96 Å². The summed E-state index contributed by atoms with van der Waals surface area (Å²) in [5.41, 5.74) is 2.32. The second kappa shape index (κ2) is 7.99. The van der Waals surface area contributed by atoms with E-state index in [2.05, 4.69) is 22.8 Å². The fourth-order valence-corrected chi connectivity index (χ4v) is 3.41. The van der Waals surface area contributed by atoms with Crippen LogP contribution >= 0.6 is 0 Å². The molecule has 0 spiro atoms. The molecule has 1 aliphatic rings. The van der Waals surface area contributed by atoms with Crippen molar-refractivity contribution in [3.63, 3.8) is 0 Å². The van der Waals surface area contributed by atoms with Crippen molar-refractivity contribution < 1.29 is 13.2 Å². The minimum atomic E-state index is -4.32. The first kappa shape index (κ1) is 19.1. The average molecular weight is 395 g/mol.